The predicted molar refractivity (Wildman–Crippen MR) is 129 cm³/mol. The molecule has 4 aromatic rings. The Labute approximate surface area is 208 Å². The summed E-state index contributed by atoms with van der Waals surface area (Å²) in [7, 11) is 0. The first kappa shape index (κ1) is 24.0. The van der Waals surface area contributed by atoms with E-state index in [4.69, 9.17) is 11.6 Å². The molecule has 1 N–H and O–H groups in total. The number of carbonyl (C=O) groups excluding carboxylic acids is 1. The number of halogens is 5. The molecule has 0 aliphatic carbocycles. The predicted octanol–water partition coefficient (Wildman–Crippen LogP) is 6.12. The fourth-order valence-corrected chi connectivity index (χ4v) is 4.68. The van der Waals surface area contributed by atoms with Gasteiger partial charge in [-0.25, -0.2) is 4.39 Å². The van der Waals surface area contributed by atoms with E-state index in [0.717, 1.165) is 28.5 Å². The molecule has 0 spiro atoms. The number of amides is 1. The number of rotatable bonds is 4. The largest absolute Gasteiger partial charge is 0.417 e. The van der Waals surface area contributed by atoms with E-state index in [1.165, 1.54) is 0 Å². The third-order valence-corrected chi connectivity index (χ3v) is 6.48. The molecule has 184 valence electrons. The smallest absolute Gasteiger partial charge is 0.352 e. The molecule has 1 aliphatic rings. The van der Waals surface area contributed by atoms with Crippen LogP contribution >= 0.6 is 11.6 Å². The molecule has 3 aromatic carbocycles. The Morgan fingerprint density at radius 3 is 2.47 bits per heavy atom. The Bertz CT molecular complexity index is 1460. The summed E-state index contributed by atoms with van der Waals surface area (Å²) >= 11 is 6.38. The molecule has 1 aromatic heterocycles. The number of nitrogens with one attached hydrogen (secondary N) is 1. The number of hydrogen-bond donors (Lipinski definition) is 1. The third-order valence-electron chi connectivity index (χ3n) is 6.15. The molecular weight excluding hydrogens is 496 g/mol. The fraction of sp³-hybridized carbons (Fsp3) is 0.192. The van der Waals surface area contributed by atoms with Crippen molar-refractivity contribution >= 4 is 34.1 Å². The first-order valence-electron chi connectivity index (χ1n) is 11.2. The van der Waals surface area contributed by atoms with Crippen molar-refractivity contribution in [1.29, 1.82) is 0 Å². The summed E-state index contributed by atoms with van der Waals surface area (Å²) in [4.78, 5) is 14.6. The highest BCUT2D eigenvalue weighted by Crippen LogP contribution is 2.36. The number of benzene rings is 3. The van der Waals surface area contributed by atoms with Gasteiger partial charge in [-0.2, -0.15) is 13.2 Å². The summed E-state index contributed by atoms with van der Waals surface area (Å²) in [6.45, 7) is 0.850. The Hall–Kier alpha value is -3.72. The van der Waals surface area contributed by atoms with Gasteiger partial charge in [0.15, 0.2) is 5.82 Å². The molecule has 1 fully saturated rings. The van der Waals surface area contributed by atoms with Crippen LogP contribution in [-0.2, 0) is 6.18 Å². The van der Waals surface area contributed by atoms with Crippen molar-refractivity contribution in [1.82, 2.24) is 15.5 Å². The minimum Gasteiger partial charge on any atom is -0.352 e. The van der Waals surface area contributed by atoms with Gasteiger partial charge in [-0.1, -0.05) is 54.1 Å². The van der Waals surface area contributed by atoms with Crippen LogP contribution in [0.4, 0.5) is 23.4 Å². The summed E-state index contributed by atoms with van der Waals surface area (Å²) in [5.74, 6) is -1.35. The van der Waals surface area contributed by atoms with Crippen LogP contribution in [0.2, 0.25) is 5.02 Å². The van der Waals surface area contributed by atoms with Gasteiger partial charge in [-0.05, 0) is 30.7 Å². The maximum absolute atomic E-state index is 13.4. The van der Waals surface area contributed by atoms with E-state index >= 15 is 0 Å². The van der Waals surface area contributed by atoms with E-state index in [1.807, 2.05) is 47.4 Å². The average Bonchev–Trinajstić information content (AvgIpc) is 3.31. The molecule has 5 nitrogen and oxygen atoms in total. The lowest BCUT2D eigenvalue weighted by atomic mass is 10.0. The second kappa shape index (κ2) is 9.39. The highest BCUT2D eigenvalue weighted by Gasteiger charge is 2.36. The highest BCUT2D eigenvalue weighted by molar-refractivity contribution is 6.33. The van der Waals surface area contributed by atoms with Crippen molar-refractivity contribution in [3.05, 3.63) is 88.7 Å². The SMILES string of the molecule is O=C(NC1CCN(c2nnc(-c3ccccc3Cl)c3ccccc23)C1)c1ccc(F)cc1C(F)(F)F. The van der Waals surface area contributed by atoms with Crippen LogP contribution in [0.1, 0.15) is 22.3 Å². The van der Waals surface area contributed by atoms with E-state index in [2.05, 4.69) is 15.5 Å². The van der Waals surface area contributed by atoms with E-state index in [0.29, 0.717) is 42.1 Å². The number of alkyl halides is 3. The van der Waals surface area contributed by atoms with E-state index < -0.39 is 35.1 Å². The number of carbonyl (C=O) groups is 1. The quantitative estimate of drug-likeness (QED) is 0.333. The first-order chi connectivity index (χ1) is 17.2. The lowest BCUT2D eigenvalue weighted by Gasteiger charge is -2.20. The van der Waals surface area contributed by atoms with E-state index in [9.17, 15) is 22.4 Å². The standard InChI is InChI=1S/C26H19ClF4N4O/c27-22-8-4-3-7-20(22)23-17-5-1-2-6-18(17)24(34-33-23)35-12-11-16(14-35)32-25(36)19-10-9-15(28)13-21(19)26(29,30)31/h1-10,13,16H,11-12,14H2,(H,32,36). The summed E-state index contributed by atoms with van der Waals surface area (Å²) in [6, 6.07) is 16.6. The van der Waals surface area contributed by atoms with Gasteiger partial charge in [0.25, 0.3) is 5.91 Å². The van der Waals surface area contributed by atoms with Crippen molar-refractivity contribution in [3.63, 3.8) is 0 Å². The van der Waals surface area contributed by atoms with Gasteiger partial charge in [0.2, 0.25) is 0 Å². The van der Waals surface area contributed by atoms with Crippen molar-refractivity contribution in [2.24, 2.45) is 0 Å². The molecule has 1 atom stereocenters. The maximum atomic E-state index is 13.4. The van der Waals surface area contributed by atoms with Gasteiger partial charge in [0, 0.05) is 35.5 Å². The molecule has 0 saturated carbocycles. The summed E-state index contributed by atoms with van der Waals surface area (Å²) in [5, 5.41) is 13.8. The second-order valence-electron chi connectivity index (χ2n) is 8.49. The molecule has 1 saturated heterocycles. The molecule has 1 aliphatic heterocycles. The monoisotopic (exact) mass is 514 g/mol. The van der Waals surface area contributed by atoms with E-state index in [1.54, 1.807) is 6.07 Å². The minimum absolute atomic E-state index is 0.331. The van der Waals surface area contributed by atoms with Crippen LogP contribution < -0.4 is 10.2 Å². The van der Waals surface area contributed by atoms with Crippen LogP contribution in [0.3, 0.4) is 0 Å². The normalized spacial score (nSPS) is 15.9. The Kier molecular flexibility index (Phi) is 6.26. The maximum Gasteiger partial charge on any atom is 0.417 e. The van der Waals surface area contributed by atoms with Crippen LogP contribution in [0.15, 0.2) is 66.7 Å². The number of aromatic nitrogens is 2. The zero-order valence-corrected chi connectivity index (χ0v) is 19.4. The molecule has 0 radical (unpaired) electrons. The summed E-state index contributed by atoms with van der Waals surface area (Å²) < 4.78 is 53.4. The average molecular weight is 515 g/mol. The van der Waals surface area contributed by atoms with Crippen molar-refractivity contribution in [2.45, 2.75) is 18.6 Å². The van der Waals surface area contributed by atoms with Crippen molar-refractivity contribution in [2.75, 3.05) is 18.0 Å². The lowest BCUT2D eigenvalue weighted by molar-refractivity contribution is -0.138. The third kappa shape index (κ3) is 4.58. The number of hydrogen-bond acceptors (Lipinski definition) is 4. The first-order valence-corrected chi connectivity index (χ1v) is 11.5. The Morgan fingerprint density at radius 1 is 1.00 bits per heavy atom. The van der Waals surface area contributed by atoms with Crippen LogP contribution in [0.25, 0.3) is 22.0 Å². The zero-order chi connectivity index (χ0) is 25.4. The number of nitrogens with zero attached hydrogens (tertiary/aromatic N) is 3. The molecule has 1 amide bonds. The van der Waals surface area contributed by atoms with Crippen molar-refractivity contribution < 1.29 is 22.4 Å². The lowest BCUT2D eigenvalue weighted by Crippen LogP contribution is -2.38. The van der Waals surface area contributed by atoms with E-state index in [-0.39, 0.29) is 0 Å². The van der Waals surface area contributed by atoms with Gasteiger partial charge >= 0.3 is 6.18 Å². The van der Waals surface area contributed by atoms with Gasteiger partial charge < -0.3 is 10.2 Å². The number of anilines is 1. The van der Waals surface area contributed by atoms with Crippen LogP contribution in [0, 0.1) is 5.82 Å². The highest BCUT2D eigenvalue weighted by atomic mass is 35.5. The molecule has 0 bridgehead atoms. The molecular formula is C26H19ClF4N4O. The Balaban J connectivity index is 1.40. The molecule has 10 heteroatoms. The Morgan fingerprint density at radius 2 is 1.72 bits per heavy atom. The summed E-state index contributed by atoms with van der Waals surface area (Å²) in [6.07, 6.45) is -4.36. The molecule has 36 heavy (non-hydrogen) atoms. The van der Waals surface area contributed by atoms with Gasteiger partial charge in [-0.3, -0.25) is 4.79 Å². The summed E-state index contributed by atoms with van der Waals surface area (Å²) in [5.41, 5.74) is -0.528. The topological polar surface area (TPSA) is 58.1 Å². The van der Waals surface area contributed by atoms with Crippen LogP contribution in [-0.4, -0.2) is 35.2 Å². The number of fused-ring (bicyclic) bond motifs is 1. The van der Waals surface area contributed by atoms with Crippen LogP contribution in [0.5, 0.6) is 0 Å². The van der Waals surface area contributed by atoms with Gasteiger partial charge in [-0.15, -0.1) is 10.2 Å². The minimum atomic E-state index is -4.85. The van der Waals surface area contributed by atoms with Gasteiger partial charge in [0.05, 0.1) is 16.1 Å². The molecule has 1 unspecified atom stereocenters. The molecule has 2 heterocycles. The van der Waals surface area contributed by atoms with Crippen molar-refractivity contribution in [3.8, 4) is 11.3 Å². The fourth-order valence-electron chi connectivity index (χ4n) is 4.46. The molecule has 5 rings (SSSR count). The zero-order valence-electron chi connectivity index (χ0n) is 18.7. The second-order valence-corrected chi connectivity index (χ2v) is 8.90. The van der Waals surface area contributed by atoms with Gasteiger partial charge in [0.1, 0.15) is 11.5 Å².